The summed E-state index contributed by atoms with van der Waals surface area (Å²) in [6.07, 6.45) is 0. The van der Waals surface area contributed by atoms with Gasteiger partial charge >= 0.3 is 5.97 Å². The van der Waals surface area contributed by atoms with Crippen LogP contribution in [-0.4, -0.2) is 23.6 Å². The van der Waals surface area contributed by atoms with Gasteiger partial charge in [0, 0.05) is 5.56 Å². The van der Waals surface area contributed by atoms with Crippen LogP contribution in [0.25, 0.3) is 0 Å². The average Bonchev–Trinajstić information content (AvgIpc) is 2.39. The number of carboxylic acids is 1. The van der Waals surface area contributed by atoms with Gasteiger partial charge in [0.15, 0.2) is 12.6 Å². The first-order valence-electron chi connectivity index (χ1n) is 4.53. The molecule has 1 heterocycles. The molecule has 0 radical (unpaired) electrons. The molecule has 5 nitrogen and oxygen atoms in total. The highest BCUT2D eigenvalue weighted by molar-refractivity contribution is 6.32. The largest absolute Gasteiger partial charge is 0.483 e. The van der Waals surface area contributed by atoms with Gasteiger partial charge in [-0.2, -0.15) is 0 Å². The van der Waals surface area contributed by atoms with E-state index in [1.165, 1.54) is 0 Å². The fourth-order valence-corrected chi connectivity index (χ4v) is 1.80. The number of hydrogen-bond donors (Lipinski definition) is 2. The Kier molecular flexibility index (Phi) is 2.70. The zero-order valence-corrected chi connectivity index (χ0v) is 8.82. The second kappa shape index (κ2) is 4.02. The summed E-state index contributed by atoms with van der Waals surface area (Å²) in [5.41, 5.74) is 0.280. The van der Waals surface area contributed by atoms with E-state index in [1.54, 1.807) is 18.2 Å². The van der Waals surface area contributed by atoms with E-state index in [1.807, 2.05) is 0 Å². The van der Waals surface area contributed by atoms with Crippen LogP contribution in [-0.2, 0) is 9.59 Å². The molecule has 0 spiro atoms. The molecule has 16 heavy (non-hydrogen) atoms. The highest BCUT2D eigenvalue weighted by Gasteiger charge is 2.30. The normalized spacial score (nSPS) is 19.1. The Balaban J connectivity index is 2.55. The first kappa shape index (κ1) is 10.8. The van der Waals surface area contributed by atoms with E-state index < -0.39 is 17.9 Å². The lowest BCUT2D eigenvalue weighted by Crippen LogP contribution is -2.34. The maximum atomic E-state index is 11.2. The topological polar surface area (TPSA) is 75.6 Å². The predicted octanol–water partition coefficient (Wildman–Crippen LogP) is 0.974. The molecule has 2 N–H and O–H groups in total. The molecule has 0 bridgehead atoms. The molecule has 1 amide bonds. The van der Waals surface area contributed by atoms with Gasteiger partial charge in [-0.05, 0) is 12.1 Å². The molecule has 0 saturated carbocycles. The molecule has 2 rings (SSSR count). The lowest BCUT2D eigenvalue weighted by atomic mass is 10.1. The minimum Gasteiger partial charge on any atom is -0.483 e. The highest BCUT2D eigenvalue weighted by Crippen LogP contribution is 2.33. The highest BCUT2D eigenvalue weighted by atomic mass is 35.5. The van der Waals surface area contributed by atoms with Gasteiger partial charge in [-0.15, -0.1) is 0 Å². The van der Waals surface area contributed by atoms with Crippen LogP contribution in [0, 0.1) is 0 Å². The molecule has 1 aromatic carbocycles. The van der Waals surface area contributed by atoms with Crippen LogP contribution in [0.1, 0.15) is 11.6 Å². The summed E-state index contributed by atoms with van der Waals surface area (Å²) >= 11 is 5.91. The molecule has 1 aromatic rings. The maximum Gasteiger partial charge on any atom is 0.331 e. The average molecular weight is 242 g/mol. The van der Waals surface area contributed by atoms with Crippen molar-refractivity contribution < 1.29 is 19.4 Å². The van der Waals surface area contributed by atoms with E-state index in [4.69, 9.17) is 21.4 Å². The molecule has 1 aliphatic rings. The Hall–Kier alpha value is -1.75. The minimum absolute atomic E-state index is 0.211. The number of carbonyl (C=O) groups excluding carboxylic acids is 1. The van der Waals surface area contributed by atoms with E-state index in [2.05, 4.69) is 5.32 Å². The van der Waals surface area contributed by atoms with E-state index in [0.29, 0.717) is 5.75 Å². The van der Waals surface area contributed by atoms with Gasteiger partial charge in [-0.1, -0.05) is 17.7 Å². The number of carboxylic acid groups (broad SMARTS) is 1. The number of amides is 1. The zero-order valence-electron chi connectivity index (χ0n) is 8.07. The Morgan fingerprint density at radius 2 is 2.31 bits per heavy atom. The number of nitrogens with one attached hydrogen (secondary N) is 1. The number of hydrogen-bond acceptors (Lipinski definition) is 3. The number of ether oxygens (including phenoxy) is 1. The predicted molar refractivity (Wildman–Crippen MR) is 55.5 cm³/mol. The molecule has 0 aliphatic carbocycles. The van der Waals surface area contributed by atoms with E-state index >= 15 is 0 Å². The van der Waals surface area contributed by atoms with Gasteiger partial charge < -0.3 is 15.2 Å². The first-order chi connectivity index (χ1) is 7.59. The fourth-order valence-electron chi connectivity index (χ4n) is 1.53. The van der Waals surface area contributed by atoms with Gasteiger partial charge in [0.05, 0.1) is 5.02 Å². The second-order valence-electron chi connectivity index (χ2n) is 3.28. The summed E-state index contributed by atoms with van der Waals surface area (Å²) in [6, 6.07) is 3.60. The second-order valence-corrected chi connectivity index (χ2v) is 3.69. The van der Waals surface area contributed by atoms with Crippen molar-refractivity contribution in [1.82, 2.24) is 5.32 Å². The molecule has 84 valence electrons. The zero-order chi connectivity index (χ0) is 11.7. The summed E-state index contributed by atoms with van der Waals surface area (Å²) in [7, 11) is 0. The number of aliphatic carboxylic acids is 1. The van der Waals surface area contributed by atoms with Crippen molar-refractivity contribution >= 4 is 23.5 Å². The Bertz CT molecular complexity index is 460. The molecule has 6 heteroatoms. The van der Waals surface area contributed by atoms with Crippen LogP contribution in [0.5, 0.6) is 5.75 Å². The van der Waals surface area contributed by atoms with Gasteiger partial charge in [0.2, 0.25) is 0 Å². The molecule has 1 aliphatic heterocycles. The standard InChI is InChI=1S/C10H8ClNO4/c11-5-2-1-3-6-8(5)9(10(14)15)12-7(13)4-16-6/h1-3,9H,4H2,(H,12,13)(H,14,15). The molecule has 1 atom stereocenters. The van der Waals surface area contributed by atoms with Crippen molar-refractivity contribution in [2.75, 3.05) is 6.61 Å². The third-order valence-corrected chi connectivity index (χ3v) is 2.54. The first-order valence-corrected chi connectivity index (χ1v) is 4.91. The van der Waals surface area contributed by atoms with Crippen molar-refractivity contribution in [2.45, 2.75) is 6.04 Å². The van der Waals surface area contributed by atoms with Crippen molar-refractivity contribution in [2.24, 2.45) is 0 Å². The van der Waals surface area contributed by atoms with E-state index in [0.717, 1.165) is 0 Å². The molecule has 0 aromatic heterocycles. The SMILES string of the molecule is O=C1COc2cccc(Cl)c2C(C(=O)O)N1. The Labute approximate surface area is 96.0 Å². The number of rotatable bonds is 1. The van der Waals surface area contributed by atoms with Crippen LogP contribution >= 0.6 is 11.6 Å². The molecule has 0 saturated heterocycles. The summed E-state index contributed by atoms with van der Waals surface area (Å²) in [5.74, 6) is -1.34. The van der Waals surface area contributed by atoms with Crippen molar-refractivity contribution in [3.8, 4) is 5.75 Å². The maximum absolute atomic E-state index is 11.2. The van der Waals surface area contributed by atoms with E-state index in [9.17, 15) is 9.59 Å². The van der Waals surface area contributed by atoms with Gasteiger partial charge in [-0.3, -0.25) is 4.79 Å². The Morgan fingerprint density at radius 3 is 3.00 bits per heavy atom. The molecule has 1 unspecified atom stereocenters. The van der Waals surface area contributed by atoms with Crippen molar-refractivity contribution in [3.63, 3.8) is 0 Å². The molecular formula is C10H8ClNO4. The summed E-state index contributed by atoms with van der Waals surface area (Å²) in [6.45, 7) is -0.211. The lowest BCUT2D eigenvalue weighted by Gasteiger charge is -2.13. The smallest absolute Gasteiger partial charge is 0.331 e. The quantitative estimate of drug-likeness (QED) is 0.768. The third kappa shape index (κ3) is 1.81. The summed E-state index contributed by atoms with van der Waals surface area (Å²) in [4.78, 5) is 22.3. The van der Waals surface area contributed by atoms with Crippen LogP contribution in [0.2, 0.25) is 5.02 Å². The number of halogens is 1. The summed E-state index contributed by atoms with van der Waals surface area (Å²) < 4.78 is 5.16. The van der Waals surface area contributed by atoms with Crippen molar-refractivity contribution in [1.29, 1.82) is 0 Å². The molecule has 0 fully saturated rings. The van der Waals surface area contributed by atoms with Gasteiger partial charge in [-0.25, -0.2) is 4.79 Å². The fraction of sp³-hybridized carbons (Fsp3) is 0.200. The number of benzene rings is 1. The van der Waals surface area contributed by atoms with E-state index in [-0.39, 0.29) is 17.2 Å². The Morgan fingerprint density at radius 1 is 1.56 bits per heavy atom. The monoisotopic (exact) mass is 241 g/mol. The van der Waals surface area contributed by atoms with Crippen LogP contribution in [0.3, 0.4) is 0 Å². The van der Waals surface area contributed by atoms with Gasteiger partial charge in [0.1, 0.15) is 5.75 Å². The van der Waals surface area contributed by atoms with Gasteiger partial charge in [0.25, 0.3) is 5.91 Å². The third-order valence-electron chi connectivity index (χ3n) is 2.21. The van der Waals surface area contributed by atoms with Crippen molar-refractivity contribution in [3.05, 3.63) is 28.8 Å². The number of fused-ring (bicyclic) bond motifs is 1. The van der Waals surface area contributed by atoms with Crippen LogP contribution in [0.15, 0.2) is 18.2 Å². The van der Waals surface area contributed by atoms with Crippen LogP contribution in [0.4, 0.5) is 0 Å². The number of carbonyl (C=O) groups is 2. The molecular weight excluding hydrogens is 234 g/mol. The summed E-state index contributed by atoms with van der Waals surface area (Å²) in [5, 5.41) is 11.6. The lowest BCUT2D eigenvalue weighted by molar-refractivity contribution is -0.141. The van der Waals surface area contributed by atoms with Crippen LogP contribution < -0.4 is 10.1 Å². The minimum atomic E-state index is -1.17.